The number of carbonyl (C=O) groups is 1. The van der Waals surface area contributed by atoms with Gasteiger partial charge in [0.1, 0.15) is 10.9 Å². The molecule has 8 nitrogen and oxygen atoms in total. The topological polar surface area (TPSA) is 109 Å². The number of hydrogen-bond donors (Lipinski definition) is 1. The number of carboxylic acid groups (broad SMARTS) is 1. The maximum atomic E-state index is 10.9. The van der Waals surface area contributed by atoms with E-state index in [1.54, 1.807) is 17.1 Å². The standard InChI is InChI=1S/C14H12N4O4S/c19-14(20)10-5-15-17(6-10)7-13-16-12(8-23-13)9-2-1-3-11(4-9)18(21)22/h1-5,8,10H,6-7H2,(H,19,20). The fourth-order valence-electron chi connectivity index (χ4n) is 2.19. The summed E-state index contributed by atoms with van der Waals surface area (Å²) in [5.41, 5.74) is 1.35. The van der Waals surface area contributed by atoms with Gasteiger partial charge in [0, 0.05) is 29.3 Å². The van der Waals surface area contributed by atoms with Crippen molar-refractivity contribution >= 4 is 29.2 Å². The first kappa shape index (κ1) is 15.1. The molecule has 0 bridgehead atoms. The van der Waals surface area contributed by atoms with Gasteiger partial charge in [-0.15, -0.1) is 11.3 Å². The molecule has 3 rings (SSSR count). The van der Waals surface area contributed by atoms with Gasteiger partial charge >= 0.3 is 5.97 Å². The minimum Gasteiger partial charge on any atom is -0.481 e. The molecule has 1 aliphatic heterocycles. The Morgan fingerprint density at radius 1 is 1.52 bits per heavy atom. The molecule has 0 saturated heterocycles. The van der Waals surface area contributed by atoms with E-state index >= 15 is 0 Å². The maximum absolute atomic E-state index is 10.9. The maximum Gasteiger partial charge on any atom is 0.313 e. The molecule has 0 saturated carbocycles. The highest BCUT2D eigenvalue weighted by Crippen LogP contribution is 2.26. The highest BCUT2D eigenvalue weighted by atomic mass is 32.1. The van der Waals surface area contributed by atoms with Crippen LogP contribution in [0.1, 0.15) is 5.01 Å². The number of aromatic nitrogens is 1. The van der Waals surface area contributed by atoms with Gasteiger partial charge in [-0.3, -0.25) is 19.9 Å². The van der Waals surface area contributed by atoms with Crippen molar-refractivity contribution in [2.24, 2.45) is 11.0 Å². The molecule has 1 aromatic heterocycles. The van der Waals surface area contributed by atoms with Crippen molar-refractivity contribution < 1.29 is 14.8 Å². The third-order valence-corrected chi connectivity index (χ3v) is 4.19. The first-order valence-corrected chi connectivity index (χ1v) is 7.62. The van der Waals surface area contributed by atoms with Crippen LogP contribution in [0.4, 0.5) is 5.69 Å². The number of carboxylic acids is 1. The molecule has 23 heavy (non-hydrogen) atoms. The van der Waals surface area contributed by atoms with Crippen LogP contribution in [-0.4, -0.2) is 38.8 Å². The Morgan fingerprint density at radius 2 is 2.35 bits per heavy atom. The summed E-state index contributed by atoms with van der Waals surface area (Å²) in [5, 5.41) is 28.1. The second kappa shape index (κ2) is 6.13. The smallest absolute Gasteiger partial charge is 0.313 e. The number of nitro benzene ring substituents is 1. The van der Waals surface area contributed by atoms with Crippen LogP contribution in [0.25, 0.3) is 11.3 Å². The fourth-order valence-corrected chi connectivity index (χ4v) is 3.01. The van der Waals surface area contributed by atoms with Gasteiger partial charge in [-0.2, -0.15) is 5.10 Å². The molecule has 2 aromatic rings. The van der Waals surface area contributed by atoms with E-state index in [0.29, 0.717) is 24.3 Å². The van der Waals surface area contributed by atoms with Crippen LogP contribution in [0.2, 0.25) is 0 Å². The van der Waals surface area contributed by atoms with Crippen LogP contribution in [0.3, 0.4) is 0 Å². The van der Waals surface area contributed by atoms with Crippen molar-refractivity contribution in [3.8, 4) is 11.3 Å². The van der Waals surface area contributed by atoms with Gasteiger partial charge in [-0.1, -0.05) is 12.1 Å². The van der Waals surface area contributed by atoms with E-state index in [2.05, 4.69) is 10.1 Å². The SMILES string of the molecule is O=C(O)C1C=NN(Cc2nc(-c3cccc([N+](=O)[O-])c3)cs2)C1. The average molecular weight is 332 g/mol. The van der Waals surface area contributed by atoms with Gasteiger partial charge in [-0.05, 0) is 0 Å². The van der Waals surface area contributed by atoms with E-state index in [1.165, 1.54) is 29.7 Å². The molecule has 0 radical (unpaired) electrons. The summed E-state index contributed by atoms with van der Waals surface area (Å²) < 4.78 is 0. The Bertz CT molecular complexity index is 789. The van der Waals surface area contributed by atoms with E-state index < -0.39 is 16.8 Å². The number of nitrogens with zero attached hydrogens (tertiary/aromatic N) is 4. The van der Waals surface area contributed by atoms with Crippen LogP contribution < -0.4 is 0 Å². The van der Waals surface area contributed by atoms with Crippen molar-refractivity contribution in [1.82, 2.24) is 9.99 Å². The summed E-state index contributed by atoms with van der Waals surface area (Å²) >= 11 is 1.41. The first-order chi connectivity index (χ1) is 11.0. The number of hydrazone groups is 1. The third kappa shape index (κ3) is 3.34. The summed E-state index contributed by atoms with van der Waals surface area (Å²) in [4.78, 5) is 25.7. The van der Waals surface area contributed by atoms with Crippen LogP contribution in [-0.2, 0) is 11.3 Å². The number of non-ortho nitro benzene ring substituents is 1. The Hall–Kier alpha value is -2.81. The number of nitro groups is 1. The van der Waals surface area contributed by atoms with Gasteiger partial charge in [0.05, 0.1) is 23.7 Å². The average Bonchev–Trinajstić information content (AvgIpc) is 3.17. The zero-order chi connectivity index (χ0) is 16.4. The molecule has 0 fully saturated rings. The van der Waals surface area contributed by atoms with Crippen molar-refractivity contribution in [2.75, 3.05) is 6.54 Å². The van der Waals surface area contributed by atoms with E-state index in [1.807, 2.05) is 5.38 Å². The predicted octanol–water partition coefficient (Wildman–Crippen LogP) is 2.22. The molecule has 9 heteroatoms. The predicted molar refractivity (Wildman–Crippen MR) is 84.2 cm³/mol. The minimum absolute atomic E-state index is 0.0190. The monoisotopic (exact) mass is 332 g/mol. The second-order valence-corrected chi connectivity index (χ2v) is 5.93. The highest BCUT2D eigenvalue weighted by molar-refractivity contribution is 7.09. The summed E-state index contributed by atoms with van der Waals surface area (Å²) in [6.07, 6.45) is 1.41. The summed E-state index contributed by atoms with van der Waals surface area (Å²) in [7, 11) is 0. The van der Waals surface area contributed by atoms with Crippen LogP contribution in [0.15, 0.2) is 34.7 Å². The molecular weight excluding hydrogens is 320 g/mol. The van der Waals surface area contributed by atoms with Crippen molar-refractivity contribution in [3.63, 3.8) is 0 Å². The Morgan fingerprint density at radius 3 is 3.04 bits per heavy atom. The second-order valence-electron chi connectivity index (χ2n) is 4.99. The van der Waals surface area contributed by atoms with E-state index in [-0.39, 0.29) is 5.69 Å². The van der Waals surface area contributed by atoms with E-state index in [4.69, 9.17) is 5.11 Å². The normalized spacial score (nSPS) is 16.7. The number of thiazole rings is 1. The van der Waals surface area contributed by atoms with Crippen molar-refractivity contribution in [3.05, 3.63) is 44.8 Å². The summed E-state index contributed by atoms with van der Waals surface area (Å²) in [6.45, 7) is 0.737. The quantitative estimate of drug-likeness (QED) is 0.664. The van der Waals surface area contributed by atoms with Gasteiger partial charge in [0.15, 0.2) is 0 Å². The summed E-state index contributed by atoms with van der Waals surface area (Å²) in [5.74, 6) is -1.49. The lowest BCUT2D eigenvalue weighted by molar-refractivity contribution is -0.384. The molecule has 0 aliphatic carbocycles. The lowest BCUT2D eigenvalue weighted by Crippen LogP contribution is -2.23. The molecule has 1 aliphatic rings. The largest absolute Gasteiger partial charge is 0.481 e. The fraction of sp³-hybridized carbons (Fsp3) is 0.214. The molecule has 0 spiro atoms. The van der Waals surface area contributed by atoms with Crippen LogP contribution in [0, 0.1) is 16.0 Å². The zero-order valence-electron chi connectivity index (χ0n) is 11.8. The van der Waals surface area contributed by atoms with E-state index in [9.17, 15) is 14.9 Å². The zero-order valence-corrected chi connectivity index (χ0v) is 12.6. The number of rotatable bonds is 5. The van der Waals surface area contributed by atoms with Crippen LogP contribution in [0.5, 0.6) is 0 Å². The highest BCUT2D eigenvalue weighted by Gasteiger charge is 2.24. The molecule has 1 atom stereocenters. The van der Waals surface area contributed by atoms with Crippen molar-refractivity contribution in [1.29, 1.82) is 0 Å². The number of benzene rings is 1. The Labute approximate surface area is 134 Å². The Kier molecular flexibility index (Phi) is 4.02. The van der Waals surface area contributed by atoms with Gasteiger partial charge in [0.2, 0.25) is 0 Å². The lowest BCUT2D eigenvalue weighted by atomic mass is 10.1. The molecule has 0 amide bonds. The molecule has 118 valence electrons. The van der Waals surface area contributed by atoms with Crippen LogP contribution >= 0.6 is 11.3 Å². The molecular formula is C14H12N4O4S. The lowest BCUT2D eigenvalue weighted by Gasteiger charge is -2.12. The number of aliphatic carboxylic acids is 1. The van der Waals surface area contributed by atoms with Crippen molar-refractivity contribution in [2.45, 2.75) is 6.54 Å². The number of hydrogen-bond acceptors (Lipinski definition) is 7. The Balaban J connectivity index is 1.72. The summed E-state index contributed by atoms with van der Waals surface area (Å²) in [6, 6.07) is 6.30. The molecule has 1 unspecified atom stereocenters. The molecule has 1 aromatic carbocycles. The van der Waals surface area contributed by atoms with Gasteiger partial charge in [0.25, 0.3) is 5.69 Å². The van der Waals surface area contributed by atoms with Gasteiger partial charge < -0.3 is 5.11 Å². The molecule has 1 N–H and O–H groups in total. The first-order valence-electron chi connectivity index (χ1n) is 6.74. The minimum atomic E-state index is -0.896. The van der Waals surface area contributed by atoms with Gasteiger partial charge in [-0.25, -0.2) is 4.98 Å². The third-order valence-electron chi connectivity index (χ3n) is 3.36. The van der Waals surface area contributed by atoms with E-state index in [0.717, 1.165) is 5.01 Å². The molecule has 2 heterocycles.